The lowest BCUT2D eigenvalue weighted by Gasteiger charge is -2.42. The number of anilines is 1. The Morgan fingerprint density at radius 3 is 2.18 bits per heavy atom. The molecule has 2 aromatic heterocycles. The van der Waals surface area contributed by atoms with Crippen molar-refractivity contribution in [2.75, 3.05) is 69.3 Å². The number of esters is 1. The van der Waals surface area contributed by atoms with Crippen LogP contribution in [-0.4, -0.2) is 263 Å². The number of nitrogens with zero attached hydrogens (tertiary/aromatic N) is 2. The predicted molar refractivity (Wildman–Crippen MR) is 498 cm³/mol. The summed E-state index contributed by atoms with van der Waals surface area (Å²) in [6.45, 7) is 9.52. The van der Waals surface area contributed by atoms with Crippen molar-refractivity contribution in [2.45, 2.75) is 214 Å². The largest absolute Gasteiger partial charge is 0.495 e. The van der Waals surface area contributed by atoms with Crippen LogP contribution in [0.25, 0.3) is 21.0 Å². The molecule has 11 amide bonds. The molecule has 3 fully saturated rings. The van der Waals surface area contributed by atoms with E-state index in [1.54, 1.807) is 74.7 Å². The summed E-state index contributed by atoms with van der Waals surface area (Å²) >= 11 is 8.31. The van der Waals surface area contributed by atoms with Crippen molar-refractivity contribution < 1.29 is 96.5 Å². The SMILES string of the molecule is COc1cc2cc(c1Cl)N(C)C(=O)C[C@H](OC(=O)[C@H](C)N(C)C(=O)CCSSCCNC(=O)[C@@H](NC(=O)[C@@H]1CSSC[C@H](NC(=O)[C@H](N)Cc3ccccc3)C(=O)N[C@@H](Cc3csc4ccccc34)C(=O)N[C@H](Cc3c[nH]c4ccccc34)C(=O)N[C@@H](CCCCCN)C(=O)N[C@@H]([C@@H](C)O)C(=O)N1)[C@@H](C)O)[C@]1(C)O[C@H]1[C@H](C)[C@@H]1C[C@@](O)(NC(=O)O1)[C@H](OC)/C=C/C=C(\C)C2. The number of nitrogens with one attached hydrogen (secondary N) is 10. The second-order valence-corrected chi connectivity index (χ2v) is 39.4. The summed E-state index contributed by atoms with van der Waals surface area (Å²) in [5.74, 6) is -9.48. The van der Waals surface area contributed by atoms with Gasteiger partial charge in [0.15, 0.2) is 5.72 Å². The molecule has 129 heavy (non-hydrogen) atoms. The number of epoxide rings is 1. The average Bonchev–Trinajstić information content (AvgIpc) is 1.57. The number of aromatic amines is 1. The molecule has 0 unspecified atom stereocenters. The van der Waals surface area contributed by atoms with E-state index in [9.17, 15) is 58.5 Å². The fourth-order valence-electron chi connectivity index (χ4n) is 15.5. The molecule has 4 aromatic carbocycles. The van der Waals surface area contributed by atoms with Gasteiger partial charge in [-0.25, -0.2) is 9.59 Å². The summed E-state index contributed by atoms with van der Waals surface area (Å²) in [5.41, 5.74) is 13.7. The highest BCUT2D eigenvalue weighted by molar-refractivity contribution is 8.77. The van der Waals surface area contributed by atoms with E-state index in [2.05, 4.69) is 52.8 Å². The number of rotatable bonds is 30. The molecule has 17 N–H and O–H groups in total. The molecule has 4 aliphatic heterocycles. The van der Waals surface area contributed by atoms with E-state index in [1.165, 1.54) is 91.8 Å². The van der Waals surface area contributed by atoms with Crippen molar-refractivity contribution >= 4 is 164 Å². The van der Waals surface area contributed by atoms with E-state index >= 15 is 14.4 Å². The Bertz CT molecular complexity index is 5030. The summed E-state index contributed by atoms with van der Waals surface area (Å²) < 4.78 is 30.6. The Morgan fingerprint density at radius 1 is 0.806 bits per heavy atom. The highest BCUT2D eigenvalue weighted by Crippen LogP contribution is 2.50. The predicted octanol–water partition coefficient (Wildman–Crippen LogP) is 5.22. The maximum absolute atomic E-state index is 15.3. The third kappa shape index (κ3) is 27.4. The number of hydrogen-bond acceptors (Lipinski definition) is 27. The second-order valence-electron chi connectivity index (χ2n) is 32.9. The number of methoxy groups -OCH3 is 2. The molecule has 6 heterocycles. The van der Waals surface area contributed by atoms with Gasteiger partial charge in [0.25, 0.3) is 0 Å². The van der Waals surface area contributed by atoms with Gasteiger partial charge in [-0.05, 0) is 124 Å². The van der Waals surface area contributed by atoms with Gasteiger partial charge >= 0.3 is 12.1 Å². The highest BCUT2D eigenvalue weighted by atomic mass is 35.5. The molecule has 700 valence electrons. The third-order valence-corrected chi connectivity index (χ3v) is 29.5. The lowest BCUT2D eigenvalue weighted by atomic mass is 9.83. The molecule has 0 aliphatic carbocycles. The summed E-state index contributed by atoms with van der Waals surface area (Å²) in [6.07, 6.45) is -0.486. The first-order valence-corrected chi connectivity index (χ1v) is 48.9. The number of allylic oxidation sites excluding steroid dienone is 3. The minimum Gasteiger partial charge on any atom is -0.495 e. The number of halogens is 1. The average molecular weight is 1900 g/mol. The number of H-pyrrole nitrogens is 1. The standard InChI is InChI=1S/C89H117ClN14O20S5/c1-48-22-21-30-70(121-10)89(119)43-68(122-87(118)102-89)49(2)77-88(6,124-77)71(42-73(108)104(8)66-38-54(36-48)39-67(120-9)74(66)90)123-86(117)50(3)103(7)72(107)31-34-126-127-35-33-93-84(115)75(51(4)105)100-83(114)65-47-129-128-46-64(98-78(109)59(92)37-53-23-13-11-14-24-53)82(113)97-63(41-56-45-125-69-29-19-17-26-58(56)69)81(112)96-62(40-55-44-94-60-27-18-16-25-57(55)60)80(111)95-61(28-15-12-20-32-91)79(110)101-76(52(5)106)85(116)99-65/h11,13-14,16-19,21-27,29-30,38-39,44-45,49-52,59,61-65,68,70-71,75-77,94,105-106,119H,12,15,20,28,31-37,40-43,46-47,91-92H2,1-10H3,(H,93,115)(H,95,111)(H,96,112)(H,97,113)(H,98,109)(H,99,116)(H,100,114)(H,101,110)(H,102,118)/b30-21+,48-22+/t49-,50+,51-,52-,59-,61+,62-,63+,64+,65+,68+,70-,71+,75+,76+,77+,88+,89+/m1/s1. The second kappa shape index (κ2) is 47.6. The number of carbonyl (C=O) groups excluding carboxylic acids is 12. The molecule has 4 bridgehead atoms. The Labute approximate surface area is 773 Å². The Kier molecular flexibility index (Phi) is 37.5. The number of thiophene rings is 1. The van der Waals surface area contributed by atoms with Gasteiger partial charge in [-0.1, -0.05) is 165 Å². The number of alkyl carbamates (subject to hydrolysis) is 1. The van der Waals surface area contributed by atoms with Gasteiger partial charge in [0.05, 0.1) is 43.6 Å². The molecule has 4 aliphatic rings. The molecule has 3 saturated heterocycles. The summed E-state index contributed by atoms with van der Waals surface area (Å²) in [4.78, 5) is 180. The number of aliphatic hydroxyl groups excluding tert-OH is 2. The van der Waals surface area contributed by atoms with Gasteiger partial charge < -0.3 is 108 Å². The zero-order valence-electron chi connectivity index (χ0n) is 73.6. The van der Waals surface area contributed by atoms with E-state index in [1.807, 2.05) is 66.9 Å². The number of benzene rings is 4. The number of nitrogens with two attached hydrogens (primary N) is 2. The fourth-order valence-corrected chi connectivity index (χ4v) is 21.0. The van der Waals surface area contributed by atoms with E-state index < -0.39 is 186 Å². The van der Waals surface area contributed by atoms with Crippen LogP contribution in [0.5, 0.6) is 5.75 Å². The van der Waals surface area contributed by atoms with Gasteiger partial charge in [-0.15, -0.1) is 11.3 Å². The smallest absolute Gasteiger partial charge is 0.409 e. The number of carbonyl (C=O) groups is 12. The lowest BCUT2D eigenvalue weighted by molar-refractivity contribution is -0.162. The molecule has 6 aromatic rings. The highest BCUT2D eigenvalue weighted by Gasteiger charge is 2.65. The van der Waals surface area contributed by atoms with Gasteiger partial charge in [0.1, 0.15) is 83.0 Å². The van der Waals surface area contributed by atoms with Crippen molar-refractivity contribution in [1.29, 1.82) is 0 Å². The molecule has 10 rings (SSSR count). The normalized spacial score (nSPS) is 26.0. The van der Waals surface area contributed by atoms with Crippen LogP contribution in [-0.2, 0) is 97.4 Å². The molecular weight excluding hydrogens is 1780 g/mol. The molecule has 18 atom stereocenters. The minimum atomic E-state index is -1.94. The van der Waals surface area contributed by atoms with E-state index in [0.717, 1.165) is 59.3 Å². The van der Waals surface area contributed by atoms with Crippen LogP contribution in [0.15, 0.2) is 126 Å². The molecule has 34 nitrogen and oxygen atoms in total. The first kappa shape index (κ1) is 102. The number of unbranched alkanes of at least 4 members (excludes halogenated alkanes) is 2. The number of aromatic nitrogens is 1. The summed E-state index contributed by atoms with van der Waals surface area (Å²) in [5, 5.41) is 62.4. The summed E-state index contributed by atoms with van der Waals surface area (Å²) in [6, 6.07) is 14.0. The molecule has 0 spiro atoms. The maximum Gasteiger partial charge on any atom is 0.409 e. The van der Waals surface area contributed by atoms with Crippen molar-refractivity contribution in [3.8, 4) is 5.75 Å². The zero-order chi connectivity index (χ0) is 93.6. The van der Waals surface area contributed by atoms with Crippen molar-refractivity contribution in [2.24, 2.45) is 17.4 Å². The fraction of sp³-hybridized carbons (Fsp3) is 0.506. The number of likely N-dealkylation sites (N-methyl/N-ethyl adjacent to an activating group) is 1. The van der Waals surface area contributed by atoms with Gasteiger partial charge in [-0.2, -0.15) is 0 Å². The van der Waals surface area contributed by atoms with Crippen molar-refractivity contribution in [3.63, 3.8) is 0 Å². The number of ether oxygens (including phenoxy) is 5. The van der Waals surface area contributed by atoms with E-state index in [-0.39, 0.29) is 73.1 Å². The van der Waals surface area contributed by atoms with Gasteiger partial charge in [0.2, 0.25) is 59.1 Å². The first-order valence-electron chi connectivity index (χ1n) is 42.6. The Hall–Kier alpha value is -9.49. The molecule has 0 radical (unpaired) electrons. The van der Waals surface area contributed by atoms with Gasteiger partial charge in [0, 0.05) is 104 Å². The number of fused-ring (bicyclic) bond motifs is 7. The minimum absolute atomic E-state index is 0.0177. The van der Waals surface area contributed by atoms with E-state index in [0.29, 0.717) is 54.8 Å². The first-order chi connectivity index (χ1) is 61.5. The third-order valence-electron chi connectivity index (χ3n) is 23.3. The number of amides is 11. The van der Waals surface area contributed by atoms with Crippen molar-refractivity contribution in [3.05, 3.63) is 154 Å². The monoisotopic (exact) mass is 1900 g/mol. The van der Waals surface area contributed by atoms with Crippen molar-refractivity contribution in [1.82, 2.24) is 57.7 Å². The lowest BCUT2D eigenvalue weighted by Crippen LogP contribution is -2.63. The zero-order valence-corrected chi connectivity index (χ0v) is 78.4. The Morgan fingerprint density at radius 2 is 1.47 bits per heavy atom. The van der Waals surface area contributed by atoms with Crippen LogP contribution in [0.4, 0.5) is 10.5 Å². The summed E-state index contributed by atoms with van der Waals surface area (Å²) in [7, 11) is 10.2. The Balaban J connectivity index is 0.813. The van der Waals surface area contributed by atoms with Crippen LogP contribution in [0.1, 0.15) is 109 Å². The van der Waals surface area contributed by atoms with Crippen LogP contribution in [0.3, 0.4) is 0 Å². The van der Waals surface area contributed by atoms with Crippen LogP contribution >= 0.6 is 66.1 Å². The quantitative estimate of drug-likeness (QED) is 0.0119. The van der Waals surface area contributed by atoms with Gasteiger partial charge in [-0.3, -0.25) is 53.3 Å². The number of hydrogen-bond donors (Lipinski definition) is 15. The maximum atomic E-state index is 15.3. The number of para-hydroxylation sites is 1. The molecule has 0 saturated carbocycles. The van der Waals surface area contributed by atoms with Crippen LogP contribution in [0.2, 0.25) is 5.02 Å². The molecular formula is C89H117ClN14O20S5. The molecule has 40 heteroatoms. The topological polar surface area (TPSA) is 498 Å². The number of aliphatic hydroxyl groups is 3. The van der Waals surface area contributed by atoms with Crippen LogP contribution < -0.4 is 69.0 Å². The van der Waals surface area contributed by atoms with Crippen LogP contribution in [0, 0.1) is 5.92 Å². The van der Waals surface area contributed by atoms with E-state index in [4.69, 9.17) is 46.8 Å².